The van der Waals surface area contributed by atoms with Crippen molar-refractivity contribution in [3.8, 4) is 17.0 Å². The highest BCUT2D eigenvalue weighted by Crippen LogP contribution is 2.41. The van der Waals surface area contributed by atoms with Gasteiger partial charge in [0.15, 0.2) is 11.5 Å². The molecule has 2 N–H and O–H groups in total. The van der Waals surface area contributed by atoms with Gasteiger partial charge in [-0.05, 0) is 35.4 Å². The molecule has 1 amide bonds. The van der Waals surface area contributed by atoms with Gasteiger partial charge in [0.1, 0.15) is 11.6 Å². The number of aromatic nitrogens is 2. The third-order valence-electron chi connectivity index (χ3n) is 4.98. The third kappa shape index (κ3) is 3.66. The van der Waals surface area contributed by atoms with Crippen LogP contribution in [0.3, 0.4) is 0 Å². The minimum Gasteiger partial charge on any atom is -0.383 e. The highest BCUT2D eigenvalue weighted by Gasteiger charge is 2.49. The Morgan fingerprint density at radius 1 is 1.09 bits per heavy atom. The molecule has 1 aliphatic heterocycles. The topological polar surface area (TPSA) is 128 Å². The predicted molar refractivity (Wildman–Crippen MR) is 115 cm³/mol. The van der Waals surface area contributed by atoms with Crippen molar-refractivity contribution in [1.82, 2.24) is 14.9 Å². The van der Waals surface area contributed by atoms with Crippen LogP contribution < -0.4 is 9.92 Å². The molecule has 2 heterocycles. The van der Waals surface area contributed by atoms with Gasteiger partial charge in [-0.1, -0.05) is 18.2 Å². The molecule has 2 aromatic carbocycles. The van der Waals surface area contributed by atoms with Crippen molar-refractivity contribution in [1.29, 1.82) is 0 Å². The molecule has 0 aliphatic carbocycles. The van der Waals surface area contributed by atoms with E-state index in [2.05, 4.69) is 15.0 Å². The number of nitrogens with zero attached hydrogens (tertiary/aromatic N) is 4. The van der Waals surface area contributed by atoms with E-state index in [1.807, 2.05) is 0 Å². The summed E-state index contributed by atoms with van der Waals surface area (Å²) in [4.78, 5) is 27.1. The first-order valence-electron chi connectivity index (χ1n) is 9.32. The van der Waals surface area contributed by atoms with Gasteiger partial charge in [-0.25, -0.2) is 9.38 Å². The summed E-state index contributed by atoms with van der Waals surface area (Å²) in [5, 5.41) is 0. The molecule has 0 saturated carbocycles. The molecule has 0 spiro atoms. The van der Waals surface area contributed by atoms with Crippen molar-refractivity contribution in [2.45, 2.75) is 5.54 Å². The van der Waals surface area contributed by atoms with Crippen LogP contribution in [0.2, 0.25) is 0 Å². The number of rotatable bonds is 5. The number of nitrogens with two attached hydrogens (primary N) is 1. The predicted octanol–water partition coefficient (Wildman–Crippen LogP) is 1.65. The summed E-state index contributed by atoms with van der Waals surface area (Å²) in [6.45, 7) is 0. The van der Waals surface area contributed by atoms with Gasteiger partial charge >= 0.3 is 10.1 Å². The molecule has 1 atom stereocenters. The van der Waals surface area contributed by atoms with E-state index in [1.165, 1.54) is 73.0 Å². The minimum absolute atomic E-state index is 0.0168. The van der Waals surface area contributed by atoms with Crippen LogP contribution in [0.25, 0.3) is 11.3 Å². The molecule has 0 radical (unpaired) electrons. The second-order valence-corrected chi connectivity index (χ2v) is 8.72. The molecule has 3 aromatic rings. The lowest BCUT2D eigenvalue weighted by Gasteiger charge is -2.26. The van der Waals surface area contributed by atoms with Crippen LogP contribution in [0.4, 0.5) is 4.39 Å². The van der Waals surface area contributed by atoms with Crippen LogP contribution in [0.5, 0.6) is 5.75 Å². The van der Waals surface area contributed by atoms with Crippen LogP contribution in [-0.2, 0) is 20.5 Å². The van der Waals surface area contributed by atoms with Crippen LogP contribution in [0, 0.1) is 5.82 Å². The second kappa shape index (κ2) is 7.68. The number of hydrogen-bond donors (Lipinski definition) is 1. The summed E-state index contributed by atoms with van der Waals surface area (Å²) in [6, 6.07) is 9.99. The average Bonchev–Trinajstić information content (AvgIpc) is 2.99. The first kappa shape index (κ1) is 21.4. The van der Waals surface area contributed by atoms with Gasteiger partial charge < -0.3 is 9.92 Å². The number of aliphatic imine (C=N–C) groups is 1. The number of hydrogen-bond acceptors (Lipinski definition) is 8. The van der Waals surface area contributed by atoms with E-state index in [0.717, 1.165) is 6.26 Å². The van der Waals surface area contributed by atoms with Crippen LogP contribution in [-0.4, -0.2) is 48.5 Å². The Morgan fingerprint density at radius 2 is 1.78 bits per heavy atom. The summed E-state index contributed by atoms with van der Waals surface area (Å²) >= 11 is 0. The zero-order valence-corrected chi connectivity index (χ0v) is 17.9. The Bertz CT molecular complexity index is 1330. The standard InChI is InChI=1S/C21H18FN5O4S/c1-27-19(28)21(26-20(27)23,13-3-6-15(7-4-13)31-32(2,29)30)14-5-8-17(22)16(11-14)18-12-24-9-10-25-18/h3-12H,1-2H3,(H2,23,26). The zero-order chi connectivity index (χ0) is 23.1. The van der Waals surface area contributed by atoms with E-state index in [4.69, 9.17) is 9.92 Å². The van der Waals surface area contributed by atoms with Gasteiger partial charge in [-0.2, -0.15) is 8.42 Å². The highest BCUT2D eigenvalue weighted by atomic mass is 32.2. The molecule has 32 heavy (non-hydrogen) atoms. The molecule has 4 rings (SSSR count). The number of halogens is 1. The fraction of sp³-hybridized carbons (Fsp3) is 0.143. The van der Waals surface area contributed by atoms with E-state index in [9.17, 15) is 17.6 Å². The smallest absolute Gasteiger partial charge is 0.306 e. The molecular weight excluding hydrogens is 437 g/mol. The van der Waals surface area contributed by atoms with Gasteiger partial charge in [-0.3, -0.25) is 19.7 Å². The monoisotopic (exact) mass is 455 g/mol. The summed E-state index contributed by atoms with van der Waals surface area (Å²) in [5.74, 6) is -0.945. The van der Waals surface area contributed by atoms with E-state index in [1.54, 1.807) is 0 Å². The van der Waals surface area contributed by atoms with E-state index in [-0.39, 0.29) is 23.0 Å². The summed E-state index contributed by atoms with van der Waals surface area (Å²) in [6.07, 6.45) is 5.23. The molecule has 164 valence electrons. The quantitative estimate of drug-likeness (QED) is 0.580. The van der Waals surface area contributed by atoms with Gasteiger partial charge in [-0.15, -0.1) is 0 Å². The molecular formula is C21H18FN5O4S. The maximum Gasteiger partial charge on any atom is 0.306 e. The van der Waals surface area contributed by atoms with Gasteiger partial charge in [0, 0.05) is 25.0 Å². The van der Waals surface area contributed by atoms with E-state index < -0.39 is 27.4 Å². The SMILES string of the molecule is CN1C(=O)C(c2ccc(OS(C)(=O)=O)cc2)(c2ccc(F)c(-c3cnccn3)c2)N=C1N. The second-order valence-electron chi connectivity index (χ2n) is 7.14. The highest BCUT2D eigenvalue weighted by molar-refractivity contribution is 7.86. The van der Waals surface area contributed by atoms with Gasteiger partial charge in [0.25, 0.3) is 5.91 Å². The Hall–Kier alpha value is -3.86. The van der Waals surface area contributed by atoms with Crippen LogP contribution in [0.15, 0.2) is 66.0 Å². The third-order valence-corrected chi connectivity index (χ3v) is 5.48. The van der Waals surface area contributed by atoms with Gasteiger partial charge in [0.05, 0.1) is 18.1 Å². The molecule has 9 nitrogen and oxygen atoms in total. The first-order chi connectivity index (χ1) is 15.1. The Balaban J connectivity index is 1.90. The Morgan fingerprint density at radius 3 is 2.34 bits per heavy atom. The maximum atomic E-state index is 14.6. The number of benzene rings is 2. The summed E-state index contributed by atoms with van der Waals surface area (Å²) in [5.41, 5.74) is 5.54. The van der Waals surface area contributed by atoms with E-state index in [0.29, 0.717) is 11.1 Å². The maximum absolute atomic E-state index is 14.6. The lowest BCUT2D eigenvalue weighted by molar-refractivity contribution is -0.129. The van der Waals surface area contributed by atoms with Crippen LogP contribution >= 0.6 is 0 Å². The summed E-state index contributed by atoms with van der Waals surface area (Å²) in [7, 11) is -2.24. The van der Waals surface area contributed by atoms with Crippen molar-refractivity contribution in [2.75, 3.05) is 13.3 Å². The lowest BCUT2D eigenvalue weighted by Crippen LogP contribution is -2.41. The largest absolute Gasteiger partial charge is 0.383 e. The Labute approximate surface area is 183 Å². The lowest BCUT2D eigenvalue weighted by atomic mass is 9.82. The van der Waals surface area contributed by atoms with Crippen molar-refractivity contribution >= 4 is 22.0 Å². The molecule has 1 unspecified atom stereocenters. The molecule has 11 heteroatoms. The number of carbonyl (C=O) groups excluding carboxylic acids is 1. The number of guanidine groups is 1. The minimum atomic E-state index is -3.72. The van der Waals surface area contributed by atoms with Crippen molar-refractivity contribution in [2.24, 2.45) is 10.7 Å². The van der Waals surface area contributed by atoms with E-state index >= 15 is 0 Å². The first-order valence-corrected chi connectivity index (χ1v) is 11.1. The number of amides is 1. The van der Waals surface area contributed by atoms with Crippen molar-refractivity contribution < 1.29 is 21.8 Å². The fourth-order valence-electron chi connectivity index (χ4n) is 3.50. The average molecular weight is 455 g/mol. The zero-order valence-electron chi connectivity index (χ0n) is 17.1. The fourth-order valence-corrected chi connectivity index (χ4v) is 3.96. The van der Waals surface area contributed by atoms with Crippen LogP contribution in [0.1, 0.15) is 11.1 Å². The summed E-state index contributed by atoms with van der Waals surface area (Å²) < 4.78 is 42.3. The van der Waals surface area contributed by atoms with Crippen molar-refractivity contribution in [3.05, 3.63) is 78.0 Å². The number of carbonyl (C=O) groups is 1. The molecule has 1 aliphatic rings. The van der Waals surface area contributed by atoms with Gasteiger partial charge in [0.2, 0.25) is 0 Å². The number of likely N-dealkylation sites (N-methyl/N-ethyl adjacent to an activating group) is 1. The van der Waals surface area contributed by atoms with Crippen molar-refractivity contribution in [3.63, 3.8) is 0 Å². The molecule has 0 fully saturated rings. The normalized spacial score (nSPS) is 18.5. The molecule has 0 saturated heterocycles. The molecule has 1 aromatic heterocycles. The Kier molecular flexibility index (Phi) is 5.13. The molecule has 0 bridgehead atoms.